The van der Waals surface area contributed by atoms with E-state index < -0.39 is 5.82 Å². The Morgan fingerprint density at radius 1 is 1.08 bits per heavy atom. The van der Waals surface area contributed by atoms with Crippen molar-refractivity contribution in [3.8, 4) is 5.69 Å². The standard InChI is InChI=1S/C19H17F2N5/c1-25(2)11-17-24-23-16-10-22-19(12-5-3-6-13(20)9-12)18-14(21)7-4-8-15(18)26(16)17/h3-9H,10-11H2,1-2H3. The number of nitrogens with zero attached hydrogens (tertiary/aromatic N) is 5. The van der Waals surface area contributed by atoms with Gasteiger partial charge in [-0.1, -0.05) is 18.2 Å². The molecule has 5 nitrogen and oxygen atoms in total. The molecule has 4 rings (SSSR count). The second-order valence-corrected chi connectivity index (χ2v) is 6.41. The van der Waals surface area contributed by atoms with Gasteiger partial charge < -0.3 is 4.90 Å². The summed E-state index contributed by atoms with van der Waals surface area (Å²) < 4.78 is 30.4. The van der Waals surface area contributed by atoms with Gasteiger partial charge in [-0.25, -0.2) is 8.78 Å². The minimum absolute atomic E-state index is 0.237. The lowest BCUT2D eigenvalue weighted by Crippen LogP contribution is -2.17. The second-order valence-electron chi connectivity index (χ2n) is 6.41. The maximum absolute atomic E-state index is 14.8. The maximum Gasteiger partial charge on any atom is 0.159 e. The summed E-state index contributed by atoms with van der Waals surface area (Å²) in [6.45, 7) is 0.790. The Morgan fingerprint density at radius 2 is 1.88 bits per heavy atom. The zero-order valence-electron chi connectivity index (χ0n) is 14.4. The van der Waals surface area contributed by atoms with Gasteiger partial charge in [-0.15, -0.1) is 10.2 Å². The molecular formula is C19H17F2N5. The van der Waals surface area contributed by atoms with Gasteiger partial charge in [-0.3, -0.25) is 9.56 Å². The maximum atomic E-state index is 14.8. The summed E-state index contributed by atoms with van der Waals surface area (Å²) in [7, 11) is 3.86. The van der Waals surface area contributed by atoms with Crippen molar-refractivity contribution in [2.75, 3.05) is 14.1 Å². The first-order chi connectivity index (χ1) is 12.5. The number of fused-ring (bicyclic) bond motifs is 3. The fraction of sp³-hybridized carbons (Fsp3) is 0.211. The molecule has 0 spiro atoms. The highest BCUT2D eigenvalue weighted by Gasteiger charge is 2.25. The smallest absolute Gasteiger partial charge is 0.159 e. The van der Waals surface area contributed by atoms with E-state index in [0.717, 1.165) is 0 Å². The normalized spacial score (nSPS) is 13.2. The molecule has 0 saturated carbocycles. The van der Waals surface area contributed by atoms with Crippen molar-refractivity contribution < 1.29 is 8.78 Å². The van der Waals surface area contributed by atoms with Crippen molar-refractivity contribution in [2.24, 2.45) is 4.99 Å². The molecule has 7 heteroatoms. The summed E-state index contributed by atoms with van der Waals surface area (Å²) in [5, 5.41) is 8.47. The number of aliphatic imine (C=N–C) groups is 1. The van der Waals surface area contributed by atoms with E-state index in [0.29, 0.717) is 40.7 Å². The van der Waals surface area contributed by atoms with E-state index in [4.69, 9.17) is 0 Å². The molecule has 0 amide bonds. The Hall–Kier alpha value is -2.93. The van der Waals surface area contributed by atoms with Gasteiger partial charge >= 0.3 is 0 Å². The van der Waals surface area contributed by atoms with Gasteiger partial charge in [-0.05, 0) is 38.4 Å². The minimum Gasteiger partial charge on any atom is -0.302 e. The van der Waals surface area contributed by atoms with Gasteiger partial charge in [0, 0.05) is 5.56 Å². The van der Waals surface area contributed by atoms with E-state index in [1.165, 1.54) is 18.2 Å². The Balaban J connectivity index is 1.95. The summed E-state index contributed by atoms with van der Waals surface area (Å²) in [6.07, 6.45) is 0. The average Bonchev–Trinajstić information content (AvgIpc) is 2.89. The molecule has 0 atom stereocenters. The Labute approximate surface area is 149 Å². The predicted molar refractivity (Wildman–Crippen MR) is 94.5 cm³/mol. The first-order valence-corrected chi connectivity index (χ1v) is 8.22. The molecule has 0 saturated heterocycles. The highest BCUT2D eigenvalue weighted by atomic mass is 19.1. The average molecular weight is 353 g/mol. The quantitative estimate of drug-likeness (QED) is 0.727. The summed E-state index contributed by atoms with van der Waals surface area (Å²) >= 11 is 0. The van der Waals surface area contributed by atoms with Crippen molar-refractivity contribution in [2.45, 2.75) is 13.1 Å². The largest absolute Gasteiger partial charge is 0.302 e. The van der Waals surface area contributed by atoms with Crippen molar-refractivity contribution in [1.82, 2.24) is 19.7 Å². The number of benzene rings is 2. The SMILES string of the molecule is CN(C)Cc1nnc2n1-c1cccc(F)c1C(c1cccc(F)c1)=NC2. The molecule has 0 radical (unpaired) electrons. The molecule has 1 aliphatic heterocycles. The zero-order chi connectivity index (χ0) is 18.3. The van der Waals surface area contributed by atoms with Crippen LogP contribution in [0.25, 0.3) is 5.69 Å². The van der Waals surface area contributed by atoms with Crippen LogP contribution in [0.3, 0.4) is 0 Å². The molecule has 2 aromatic carbocycles. The third-order valence-corrected chi connectivity index (χ3v) is 4.20. The van der Waals surface area contributed by atoms with E-state index in [1.54, 1.807) is 18.2 Å². The van der Waals surface area contributed by atoms with Gasteiger partial charge in [0.15, 0.2) is 11.6 Å². The molecule has 26 heavy (non-hydrogen) atoms. The zero-order valence-corrected chi connectivity index (χ0v) is 14.4. The number of hydrogen-bond acceptors (Lipinski definition) is 4. The first-order valence-electron chi connectivity index (χ1n) is 8.22. The van der Waals surface area contributed by atoms with Crippen LogP contribution in [-0.4, -0.2) is 39.5 Å². The first kappa shape index (κ1) is 16.5. The number of aromatic nitrogens is 3. The summed E-state index contributed by atoms with van der Waals surface area (Å²) in [5.41, 5.74) is 1.89. The predicted octanol–water partition coefficient (Wildman–Crippen LogP) is 2.96. The highest BCUT2D eigenvalue weighted by molar-refractivity contribution is 6.15. The van der Waals surface area contributed by atoms with Crippen LogP contribution in [-0.2, 0) is 13.1 Å². The van der Waals surface area contributed by atoms with E-state index in [-0.39, 0.29) is 12.4 Å². The molecule has 0 aliphatic carbocycles. The van der Waals surface area contributed by atoms with E-state index in [1.807, 2.05) is 29.6 Å². The lowest BCUT2D eigenvalue weighted by atomic mass is 9.99. The van der Waals surface area contributed by atoms with Gasteiger partial charge in [-0.2, -0.15) is 0 Å². The van der Waals surface area contributed by atoms with E-state index in [2.05, 4.69) is 15.2 Å². The van der Waals surface area contributed by atoms with Crippen LogP contribution in [0.1, 0.15) is 22.8 Å². The Kier molecular flexibility index (Phi) is 4.08. The fourth-order valence-corrected chi connectivity index (χ4v) is 3.15. The lowest BCUT2D eigenvalue weighted by Gasteiger charge is -2.15. The summed E-state index contributed by atoms with van der Waals surface area (Å²) in [4.78, 5) is 6.51. The molecule has 0 unspecified atom stereocenters. The summed E-state index contributed by atoms with van der Waals surface area (Å²) in [5.74, 6) is 0.524. The van der Waals surface area contributed by atoms with Crippen LogP contribution < -0.4 is 0 Å². The molecule has 0 bridgehead atoms. The number of hydrogen-bond donors (Lipinski definition) is 0. The van der Waals surface area contributed by atoms with Crippen molar-refractivity contribution in [1.29, 1.82) is 0 Å². The summed E-state index contributed by atoms with van der Waals surface area (Å²) in [6, 6.07) is 10.9. The molecular weight excluding hydrogens is 336 g/mol. The van der Waals surface area contributed by atoms with Crippen LogP contribution in [0, 0.1) is 11.6 Å². The topological polar surface area (TPSA) is 46.3 Å². The molecule has 1 aliphatic rings. The molecule has 1 aromatic heterocycles. The Bertz CT molecular complexity index is 1010. The minimum atomic E-state index is -0.414. The third kappa shape index (κ3) is 2.80. The van der Waals surface area contributed by atoms with Gasteiger partial charge in [0.25, 0.3) is 0 Å². The third-order valence-electron chi connectivity index (χ3n) is 4.20. The van der Waals surface area contributed by atoms with Crippen molar-refractivity contribution in [3.05, 3.63) is 76.9 Å². The van der Waals surface area contributed by atoms with E-state index >= 15 is 0 Å². The van der Waals surface area contributed by atoms with Gasteiger partial charge in [0.05, 0.1) is 23.5 Å². The van der Waals surface area contributed by atoms with Crippen LogP contribution in [0.15, 0.2) is 47.5 Å². The van der Waals surface area contributed by atoms with Crippen LogP contribution in [0.5, 0.6) is 0 Å². The van der Waals surface area contributed by atoms with E-state index in [9.17, 15) is 8.78 Å². The Morgan fingerprint density at radius 3 is 2.65 bits per heavy atom. The van der Waals surface area contributed by atoms with Crippen molar-refractivity contribution >= 4 is 5.71 Å². The van der Waals surface area contributed by atoms with Crippen LogP contribution in [0.4, 0.5) is 8.78 Å². The van der Waals surface area contributed by atoms with Crippen molar-refractivity contribution in [3.63, 3.8) is 0 Å². The molecule has 132 valence electrons. The van der Waals surface area contributed by atoms with Gasteiger partial charge in [0.1, 0.15) is 18.2 Å². The molecule has 2 heterocycles. The van der Waals surface area contributed by atoms with Crippen LogP contribution >= 0.6 is 0 Å². The monoisotopic (exact) mass is 353 g/mol. The molecule has 0 fully saturated rings. The fourth-order valence-electron chi connectivity index (χ4n) is 3.15. The highest BCUT2D eigenvalue weighted by Crippen LogP contribution is 2.28. The second kappa shape index (κ2) is 6.42. The molecule has 3 aromatic rings. The lowest BCUT2D eigenvalue weighted by molar-refractivity contribution is 0.387. The molecule has 0 N–H and O–H groups in total. The van der Waals surface area contributed by atoms with Crippen LogP contribution in [0.2, 0.25) is 0 Å². The number of halogens is 2. The van der Waals surface area contributed by atoms with Gasteiger partial charge in [0.2, 0.25) is 0 Å². The number of rotatable bonds is 3.